The highest BCUT2D eigenvalue weighted by Gasteiger charge is 2.19. The average Bonchev–Trinajstić information content (AvgIpc) is 3.03. The van der Waals surface area contributed by atoms with Gasteiger partial charge >= 0.3 is 0 Å². The highest BCUT2D eigenvalue weighted by Crippen LogP contribution is 2.16. The van der Waals surface area contributed by atoms with Crippen LogP contribution < -0.4 is 5.32 Å². The summed E-state index contributed by atoms with van der Waals surface area (Å²) in [4.78, 5) is 22.5. The number of nitrogens with one attached hydrogen (secondary N) is 1. The lowest BCUT2D eigenvalue weighted by Gasteiger charge is -2.04. The Bertz CT molecular complexity index is 456. The maximum absolute atomic E-state index is 11.4. The van der Waals surface area contributed by atoms with Gasteiger partial charge in [0.25, 0.3) is 11.8 Å². The van der Waals surface area contributed by atoms with Crippen LogP contribution in [0, 0.1) is 0 Å². The van der Waals surface area contributed by atoms with E-state index in [1.54, 1.807) is 0 Å². The number of rotatable bonds is 21. The summed E-state index contributed by atoms with van der Waals surface area (Å²) in [5.74, 6) is -0.439. The number of imide groups is 1. The molecule has 1 aliphatic heterocycles. The van der Waals surface area contributed by atoms with Crippen LogP contribution in [0.25, 0.3) is 0 Å². The van der Waals surface area contributed by atoms with Crippen molar-refractivity contribution < 1.29 is 9.59 Å². The molecule has 0 aromatic rings. The highest BCUT2D eigenvalue weighted by molar-refractivity contribution is 6.16. The van der Waals surface area contributed by atoms with Crippen molar-refractivity contribution in [3.63, 3.8) is 0 Å². The van der Waals surface area contributed by atoms with E-state index >= 15 is 0 Å². The van der Waals surface area contributed by atoms with Crippen LogP contribution in [0.15, 0.2) is 11.6 Å². The molecule has 168 valence electrons. The Morgan fingerprint density at radius 1 is 0.552 bits per heavy atom. The molecular formula is C26H47NO2. The predicted octanol–water partition coefficient (Wildman–Crippen LogP) is 7.78. The highest BCUT2D eigenvalue weighted by atomic mass is 16.2. The molecule has 0 atom stereocenters. The molecule has 1 rings (SSSR count). The Hall–Kier alpha value is -1.12. The average molecular weight is 406 g/mol. The molecule has 0 spiro atoms. The van der Waals surface area contributed by atoms with Gasteiger partial charge in [-0.3, -0.25) is 14.9 Å². The molecule has 29 heavy (non-hydrogen) atoms. The predicted molar refractivity (Wildman–Crippen MR) is 124 cm³/mol. The Morgan fingerprint density at radius 2 is 0.897 bits per heavy atom. The lowest BCUT2D eigenvalue weighted by molar-refractivity contribution is -0.123. The van der Waals surface area contributed by atoms with Gasteiger partial charge in [-0.1, -0.05) is 129 Å². The monoisotopic (exact) mass is 405 g/mol. The molecule has 3 nitrogen and oxygen atoms in total. The van der Waals surface area contributed by atoms with Crippen LogP contribution in [0.1, 0.15) is 142 Å². The number of carbonyl (C=O) groups excluding carboxylic acids is 2. The molecule has 0 saturated heterocycles. The molecule has 0 radical (unpaired) electrons. The molecule has 0 bridgehead atoms. The summed E-state index contributed by atoms with van der Waals surface area (Å²) in [6.07, 6.45) is 29.7. The van der Waals surface area contributed by atoms with Gasteiger partial charge in [0, 0.05) is 11.6 Å². The summed E-state index contributed by atoms with van der Waals surface area (Å²) in [7, 11) is 0. The van der Waals surface area contributed by atoms with Crippen LogP contribution in [0.4, 0.5) is 0 Å². The van der Waals surface area contributed by atoms with Crippen LogP contribution in [-0.4, -0.2) is 11.8 Å². The Kier molecular flexibility index (Phi) is 16.9. The number of amides is 2. The van der Waals surface area contributed by atoms with Gasteiger partial charge in [0.15, 0.2) is 0 Å². The second-order valence-electron chi connectivity index (χ2n) is 8.96. The van der Waals surface area contributed by atoms with E-state index < -0.39 is 0 Å². The molecule has 1 aliphatic rings. The topological polar surface area (TPSA) is 46.2 Å². The fourth-order valence-corrected chi connectivity index (χ4v) is 4.21. The molecular weight excluding hydrogens is 358 g/mol. The molecule has 0 saturated carbocycles. The van der Waals surface area contributed by atoms with Gasteiger partial charge in [0.2, 0.25) is 0 Å². The van der Waals surface area contributed by atoms with Crippen molar-refractivity contribution in [1.29, 1.82) is 0 Å². The third kappa shape index (κ3) is 15.4. The van der Waals surface area contributed by atoms with Crippen LogP contribution >= 0.6 is 0 Å². The van der Waals surface area contributed by atoms with E-state index in [0.717, 1.165) is 19.3 Å². The maximum Gasteiger partial charge on any atom is 0.254 e. The SMILES string of the molecule is CCCCCCCCCCCCCCCCCCCCCCC1=CC(=O)NC1=O. The standard InChI is InChI=1S/C26H47NO2/c1-2-3-4-5-6-7-8-9-10-11-12-13-14-15-16-17-18-19-20-21-22-24-23-25(28)27-26(24)29/h23H,2-22H2,1H3,(H,27,28,29). The van der Waals surface area contributed by atoms with E-state index in [1.165, 1.54) is 122 Å². The van der Waals surface area contributed by atoms with E-state index in [1.807, 2.05) is 0 Å². The fourth-order valence-electron chi connectivity index (χ4n) is 4.21. The van der Waals surface area contributed by atoms with Gasteiger partial charge in [-0.15, -0.1) is 0 Å². The Morgan fingerprint density at radius 3 is 1.21 bits per heavy atom. The molecule has 3 heteroatoms. The zero-order valence-corrected chi connectivity index (χ0v) is 19.2. The third-order valence-electron chi connectivity index (χ3n) is 6.13. The van der Waals surface area contributed by atoms with E-state index in [9.17, 15) is 9.59 Å². The molecule has 0 aromatic heterocycles. The van der Waals surface area contributed by atoms with E-state index in [0.29, 0.717) is 5.57 Å². The maximum atomic E-state index is 11.4. The lowest BCUT2D eigenvalue weighted by atomic mass is 10.0. The van der Waals surface area contributed by atoms with Gasteiger partial charge in [-0.25, -0.2) is 0 Å². The van der Waals surface area contributed by atoms with Crippen molar-refractivity contribution in [3.05, 3.63) is 11.6 Å². The van der Waals surface area contributed by atoms with E-state index in [-0.39, 0.29) is 11.8 Å². The normalized spacial score (nSPS) is 13.8. The van der Waals surface area contributed by atoms with Gasteiger partial charge < -0.3 is 0 Å². The van der Waals surface area contributed by atoms with Crippen molar-refractivity contribution in [2.24, 2.45) is 0 Å². The van der Waals surface area contributed by atoms with Gasteiger partial charge in [0.1, 0.15) is 0 Å². The molecule has 1 N–H and O–H groups in total. The van der Waals surface area contributed by atoms with E-state index in [4.69, 9.17) is 0 Å². The number of carbonyl (C=O) groups is 2. The van der Waals surface area contributed by atoms with Crippen LogP contribution in [-0.2, 0) is 9.59 Å². The minimum atomic E-state index is -0.252. The third-order valence-corrected chi connectivity index (χ3v) is 6.13. The summed E-state index contributed by atoms with van der Waals surface area (Å²) in [6.45, 7) is 2.29. The first-order valence-corrected chi connectivity index (χ1v) is 12.8. The number of hydrogen-bond acceptors (Lipinski definition) is 2. The van der Waals surface area contributed by atoms with Crippen molar-refractivity contribution in [3.8, 4) is 0 Å². The van der Waals surface area contributed by atoms with Crippen LogP contribution in [0.5, 0.6) is 0 Å². The lowest BCUT2D eigenvalue weighted by Crippen LogP contribution is -2.22. The zero-order valence-electron chi connectivity index (χ0n) is 19.2. The Labute approximate surface area is 180 Å². The summed E-state index contributed by atoms with van der Waals surface area (Å²) in [5.41, 5.74) is 0.664. The summed E-state index contributed by atoms with van der Waals surface area (Å²) in [5, 5.41) is 2.31. The second kappa shape index (κ2) is 18.9. The molecule has 0 aliphatic carbocycles. The number of hydrogen-bond donors (Lipinski definition) is 1. The van der Waals surface area contributed by atoms with Crippen molar-refractivity contribution >= 4 is 11.8 Å². The molecule has 2 amide bonds. The minimum Gasteiger partial charge on any atom is -0.289 e. The van der Waals surface area contributed by atoms with Crippen molar-refractivity contribution in [1.82, 2.24) is 5.32 Å². The molecule has 0 unspecified atom stereocenters. The van der Waals surface area contributed by atoms with Gasteiger partial charge in [-0.2, -0.15) is 0 Å². The first kappa shape index (κ1) is 25.9. The number of unbranched alkanes of at least 4 members (excludes halogenated alkanes) is 19. The van der Waals surface area contributed by atoms with Crippen molar-refractivity contribution in [2.75, 3.05) is 0 Å². The quantitative estimate of drug-likeness (QED) is 0.156. The Balaban J connectivity index is 1.70. The van der Waals surface area contributed by atoms with E-state index in [2.05, 4.69) is 12.2 Å². The molecule has 1 heterocycles. The first-order chi connectivity index (χ1) is 14.2. The van der Waals surface area contributed by atoms with Crippen LogP contribution in [0.2, 0.25) is 0 Å². The summed E-state index contributed by atoms with van der Waals surface area (Å²) >= 11 is 0. The zero-order chi connectivity index (χ0) is 21.0. The second-order valence-corrected chi connectivity index (χ2v) is 8.96. The smallest absolute Gasteiger partial charge is 0.254 e. The molecule has 0 aromatic carbocycles. The van der Waals surface area contributed by atoms with Crippen LogP contribution in [0.3, 0.4) is 0 Å². The fraction of sp³-hybridized carbons (Fsp3) is 0.846. The summed E-state index contributed by atoms with van der Waals surface area (Å²) < 4.78 is 0. The molecule has 0 fully saturated rings. The van der Waals surface area contributed by atoms with Gasteiger partial charge in [0.05, 0.1) is 0 Å². The van der Waals surface area contributed by atoms with Gasteiger partial charge in [-0.05, 0) is 12.8 Å². The van der Waals surface area contributed by atoms with Crippen molar-refractivity contribution in [2.45, 2.75) is 142 Å². The first-order valence-electron chi connectivity index (χ1n) is 12.8. The summed E-state index contributed by atoms with van der Waals surface area (Å²) in [6, 6.07) is 0. The largest absolute Gasteiger partial charge is 0.289 e. The minimum absolute atomic E-state index is 0.187.